The van der Waals surface area contributed by atoms with Gasteiger partial charge in [0.05, 0.1) is 18.1 Å². The quantitative estimate of drug-likeness (QED) is 0.625. The van der Waals surface area contributed by atoms with Gasteiger partial charge in [-0.3, -0.25) is 0 Å². The fraction of sp³-hybridized carbons (Fsp3) is 0.0909. The van der Waals surface area contributed by atoms with E-state index in [1.807, 2.05) is 0 Å². The van der Waals surface area contributed by atoms with Gasteiger partial charge in [-0.1, -0.05) is 12.1 Å². The predicted octanol–water partition coefficient (Wildman–Crippen LogP) is 1.90. The molecule has 0 aliphatic heterocycles. The van der Waals surface area contributed by atoms with Gasteiger partial charge >= 0.3 is 10.1 Å². The Balaban J connectivity index is 0.00000144. The van der Waals surface area contributed by atoms with Gasteiger partial charge in [0.15, 0.2) is 5.75 Å². The summed E-state index contributed by atoms with van der Waals surface area (Å²) in [7, 11) is -3.53. The smallest absolute Gasteiger partial charge is 0.306 e. The average Bonchev–Trinajstić information content (AvgIpc) is 2.69. The molecule has 4 nitrogen and oxygen atoms in total. The number of para-hydroxylation sites is 1. The SMILES string of the molecule is CS(=O)(=O)Oc1ccccc1-c1ccco1.[Na]. The molecule has 0 N–H and O–H groups in total. The van der Waals surface area contributed by atoms with E-state index in [1.54, 1.807) is 36.4 Å². The second-order valence-corrected chi connectivity index (χ2v) is 4.84. The maximum atomic E-state index is 11.1. The van der Waals surface area contributed by atoms with Crippen LogP contribution >= 0.6 is 0 Å². The molecule has 1 aromatic heterocycles. The van der Waals surface area contributed by atoms with Crippen LogP contribution in [0.3, 0.4) is 0 Å². The Morgan fingerprint density at radius 1 is 1.12 bits per heavy atom. The fourth-order valence-electron chi connectivity index (χ4n) is 1.34. The van der Waals surface area contributed by atoms with E-state index in [0.29, 0.717) is 11.3 Å². The molecule has 0 saturated heterocycles. The number of benzene rings is 1. The van der Waals surface area contributed by atoms with Crippen molar-refractivity contribution in [3.05, 3.63) is 42.7 Å². The molecule has 0 amide bonds. The molecule has 2 rings (SSSR count). The Hall–Kier alpha value is -0.750. The van der Waals surface area contributed by atoms with Crippen LogP contribution in [0.5, 0.6) is 5.75 Å². The Bertz CT molecular complexity index is 575. The molecule has 6 heteroatoms. The number of hydrogen-bond donors (Lipinski definition) is 0. The van der Waals surface area contributed by atoms with E-state index in [2.05, 4.69) is 0 Å². The zero-order valence-electron chi connectivity index (χ0n) is 9.58. The van der Waals surface area contributed by atoms with Crippen LogP contribution in [-0.4, -0.2) is 44.2 Å². The summed E-state index contributed by atoms with van der Waals surface area (Å²) in [6, 6.07) is 10.3. The van der Waals surface area contributed by atoms with Crippen LogP contribution in [0.4, 0.5) is 0 Å². The number of furan rings is 1. The number of rotatable bonds is 3. The molecule has 1 aromatic carbocycles. The largest absolute Gasteiger partial charge is 0.464 e. The minimum absolute atomic E-state index is 0. The van der Waals surface area contributed by atoms with Crippen molar-refractivity contribution in [3.8, 4) is 17.1 Å². The molecular weight excluding hydrogens is 251 g/mol. The van der Waals surface area contributed by atoms with Crippen LogP contribution in [0.1, 0.15) is 0 Å². The second kappa shape index (κ2) is 5.73. The summed E-state index contributed by atoms with van der Waals surface area (Å²) in [5.41, 5.74) is 0.609. The van der Waals surface area contributed by atoms with E-state index in [9.17, 15) is 8.42 Å². The molecule has 0 spiro atoms. The molecule has 0 bridgehead atoms. The van der Waals surface area contributed by atoms with Crippen LogP contribution in [0, 0.1) is 0 Å². The van der Waals surface area contributed by atoms with Crippen molar-refractivity contribution in [2.75, 3.05) is 6.26 Å². The summed E-state index contributed by atoms with van der Waals surface area (Å²) in [6.45, 7) is 0. The van der Waals surface area contributed by atoms with Gasteiger partial charge in [-0.15, -0.1) is 0 Å². The van der Waals surface area contributed by atoms with E-state index < -0.39 is 10.1 Å². The standard InChI is InChI=1S/C11H10O4S.Na/c1-16(12,13)15-11-6-3-2-5-9(11)10-7-4-8-14-10;/h2-8H,1H3;. The molecule has 1 heterocycles. The first-order valence-electron chi connectivity index (χ1n) is 4.58. The van der Waals surface area contributed by atoms with Crippen LogP contribution in [0.25, 0.3) is 11.3 Å². The van der Waals surface area contributed by atoms with E-state index in [-0.39, 0.29) is 35.3 Å². The summed E-state index contributed by atoms with van der Waals surface area (Å²) in [5.74, 6) is 0.833. The third-order valence-corrected chi connectivity index (χ3v) is 2.40. The zero-order chi connectivity index (χ0) is 11.6. The van der Waals surface area contributed by atoms with Crippen LogP contribution in [-0.2, 0) is 10.1 Å². The van der Waals surface area contributed by atoms with Crippen LogP contribution in [0.2, 0.25) is 0 Å². The summed E-state index contributed by atoms with van der Waals surface area (Å²) >= 11 is 0. The van der Waals surface area contributed by atoms with E-state index in [0.717, 1.165) is 6.26 Å². The summed E-state index contributed by atoms with van der Waals surface area (Å²) in [6.07, 6.45) is 2.53. The third-order valence-electron chi connectivity index (χ3n) is 1.91. The van der Waals surface area contributed by atoms with Gasteiger partial charge in [0.25, 0.3) is 0 Å². The Kier molecular flexibility index (Phi) is 4.82. The molecule has 0 unspecified atom stereocenters. The van der Waals surface area contributed by atoms with Gasteiger partial charge in [0.2, 0.25) is 0 Å². The number of hydrogen-bond acceptors (Lipinski definition) is 4. The topological polar surface area (TPSA) is 56.5 Å². The molecule has 0 aliphatic carbocycles. The Morgan fingerprint density at radius 2 is 1.82 bits per heavy atom. The summed E-state index contributed by atoms with van der Waals surface area (Å²) < 4.78 is 32.2. The minimum atomic E-state index is -3.53. The van der Waals surface area contributed by atoms with Gasteiger partial charge in [-0.25, -0.2) is 0 Å². The van der Waals surface area contributed by atoms with Crippen molar-refractivity contribution in [2.24, 2.45) is 0 Å². The molecule has 2 aromatic rings. The maximum Gasteiger partial charge on any atom is 0.306 e. The van der Waals surface area contributed by atoms with Crippen LogP contribution < -0.4 is 4.18 Å². The molecule has 85 valence electrons. The average molecular weight is 261 g/mol. The zero-order valence-corrected chi connectivity index (χ0v) is 12.4. The second-order valence-electron chi connectivity index (χ2n) is 3.26. The van der Waals surface area contributed by atoms with Crippen molar-refractivity contribution < 1.29 is 17.0 Å². The normalized spacial score (nSPS) is 10.6. The molecule has 0 atom stereocenters. The van der Waals surface area contributed by atoms with Gasteiger partial charge in [-0.2, -0.15) is 8.42 Å². The van der Waals surface area contributed by atoms with Crippen LogP contribution in [0.15, 0.2) is 47.1 Å². The molecule has 0 saturated carbocycles. The van der Waals surface area contributed by atoms with Crippen molar-refractivity contribution in [1.29, 1.82) is 0 Å². The molecule has 0 aliphatic rings. The van der Waals surface area contributed by atoms with Crippen molar-refractivity contribution in [3.63, 3.8) is 0 Å². The predicted molar refractivity (Wildman–Crippen MR) is 65.4 cm³/mol. The van der Waals surface area contributed by atoms with Crippen molar-refractivity contribution in [2.45, 2.75) is 0 Å². The first-order valence-corrected chi connectivity index (χ1v) is 6.40. The van der Waals surface area contributed by atoms with Gasteiger partial charge < -0.3 is 8.60 Å². The summed E-state index contributed by atoms with van der Waals surface area (Å²) in [5, 5.41) is 0. The van der Waals surface area contributed by atoms with Gasteiger partial charge in [0.1, 0.15) is 5.76 Å². The fourth-order valence-corrected chi connectivity index (χ4v) is 1.81. The third kappa shape index (κ3) is 3.89. The van der Waals surface area contributed by atoms with E-state index in [1.165, 1.54) is 6.26 Å². The molecule has 0 fully saturated rings. The molecule has 17 heavy (non-hydrogen) atoms. The van der Waals surface area contributed by atoms with Gasteiger partial charge in [-0.05, 0) is 24.3 Å². The monoisotopic (exact) mass is 261 g/mol. The van der Waals surface area contributed by atoms with Gasteiger partial charge in [0, 0.05) is 29.6 Å². The van der Waals surface area contributed by atoms with Crippen molar-refractivity contribution >= 4 is 39.7 Å². The molecule has 1 radical (unpaired) electrons. The van der Waals surface area contributed by atoms with E-state index >= 15 is 0 Å². The van der Waals surface area contributed by atoms with E-state index in [4.69, 9.17) is 8.60 Å². The Labute approximate surface area is 122 Å². The first kappa shape index (κ1) is 14.3. The Morgan fingerprint density at radius 3 is 2.41 bits per heavy atom. The first-order chi connectivity index (χ1) is 7.56. The molecular formula is C11H10NaO4S. The summed E-state index contributed by atoms with van der Waals surface area (Å²) in [4.78, 5) is 0. The minimum Gasteiger partial charge on any atom is -0.464 e. The van der Waals surface area contributed by atoms with Crippen molar-refractivity contribution in [1.82, 2.24) is 0 Å². The maximum absolute atomic E-state index is 11.1.